The second kappa shape index (κ2) is 4.31. The Hall–Kier alpha value is -1.90. The first kappa shape index (κ1) is 10.6. The standard InChI is InChI=1S/C13H13NO2/c1-3-10-4-6-11(7-5-10)13-12(8-15)9(2)14-16-13/h4-8H,3H2,1-2H3. The van der Waals surface area contributed by atoms with Crippen molar-refractivity contribution >= 4 is 6.29 Å². The van der Waals surface area contributed by atoms with Gasteiger partial charge in [0.15, 0.2) is 12.0 Å². The van der Waals surface area contributed by atoms with Gasteiger partial charge in [-0.2, -0.15) is 0 Å². The van der Waals surface area contributed by atoms with Crippen molar-refractivity contribution in [2.75, 3.05) is 0 Å². The van der Waals surface area contributed by atoms with Crippen LogP contribution in [0.15, 0.2) is 28.8 Å². The van der Waals surface area contributed by atoms with Gasteiger partial charge in [-0.05, 0) is 18.9 Å². The van der Waals surface area contributed by atoms with Gasteiger partial charge in [-0.25, -0.2) is 0 Å². The Morgan fingerprint density at radius 1 is 1.31 bits per heavy atom. The first-order valence-electron chi connectivity index (χ1n) is 5.27. The van der Waals surface area contributed by atoms with Crippen molar-refractivity contribution < 1.29 is 9.32 Å². The van der Waals surface area contributed by atoms with Crippen LogP contribution in [0.2, 0.25) is 0 Å². The Balaban J connectivity index is 2.46. The molecule has 3 nitrogen and oxygen atoms in total. The maximum atomic E-state index is 10.9. The summed E-state index contributed by atoms with van der Waals surface area (Å²) in [5.41, 5.74) is 3.31. The highest BCUT2D eigenvalue weighted by Gasteiger charge is 2.13. The van der Waals surface area contributed by atoms with E-state index in [9.17, 15) is 4.79 Å². The molecular weight excluding hydrogens is 202 g/mol. The number of aromatic nitrogens is 1. The molecule has 0 aliphatic heterocycles. The lowest BCUT2D eigenvalue weighted by Gasteiger charge is -1.99. The van der Waals surface area contributed by atoms with Crippen molar-refractivity contribution in [2.24, 2.45) is 0 Å². The molecule has 0 saturated heterocycles. The molecule has 0 amide bonds. The smallest absolute Gasteiger partial charge is 0.177 e. The third kappa shape index (κ3) is 1.76. The molecule has 0 fully saturated rings. The molecule has 0 aliphatic carbocycles. The van der Waals surface area contributed by atoms with E-state index in [1.54, 1.807) is 6.92 Å². The zero-order valence-electron chi connectivity index (χ0n) is 9.36. The summed E-state index contributed by atoms with van der Waals surface area (Å²) in [5, 5.41) is 3.80. The van der Waals surface area contributed by atoms with E-state index in [1.165, 1.54) is 5.56 Å². The van der Waals surface area contributed by atoms with Gasteiger partial charge in [-0.1, -0.05) is 36.3 Å². The monoisotopic (exact) mass is 215 g/mol. The van der Waals surface area contributed by atoms with Crippen LogP contribution in [0.25, 0.3) is 11.3 Å². The Bertz CT molecular complexity index is 497. The highest BCUT2D eigenvalue weighted by molar-refractivity contribution is 5.86. The lowest BCUT2D eigenvalue weighted by molar-refractivity contribution is 0.112. The van der Waals surface area contributed by atoms with E-state index in [0.29, 0.717) is 17.0 Å². The molecular formula is C13H13NO2. The summed E-state index contributed by atoms with van der Waals surface area (Å²) in [7, 11) is 0. The lowest BCUT2D eigenvalue weighted by atomic mass is 10.1. The molecule has 2 rings (SSSR count). The summed E-state index contributed by atoms with van der Waals surface area (Å²) in [6, 6.07) is 7.96. The number of hydrogen-bond acceptors (Lipinski definition) is 3. The molecule has 1 aromatic carbocycles. The summed E-state index contributed by atoms with van der Waals surface area (Å²) in [6.07, 6.45) is 1.78. The average molecular weight is 215 g/mol. The molecule has 0 atom stereocenters. The number of rotatable bonds is 3. The number of aryl methyl sites for hydroxylation is 2. The second-order valence-corrected chi connectivity index (χ2v) is 3.68. The fourth-order valence-electron chi connectivity index (χ4n) is 1.62. The summed E-state index contributed by atoms with van der Waals surface area (Å²) in [6.45, 7) is 3.86. The number of aldehydes is 1. The molecule has 1 heterocycles. The Morgan fingerprint density at radius 3 is 2.56 bits per heavy atom. The predicted octanol–water partition coefficient (Wildman–Crippen LogP) is 3.02. The van der Waals surface area contributed by atoms with Crippen molar-refractivity contribution in [1.82, 2.24) is 5.16 Å². The van der Waals surface area contributed by atoms with Crippen molar-refractivity contribution in [3.8, 4) is 11.3 Å². The van der Waals surface area contributed by atoms with Crippen molar-refractivity contribution in [2.45, 2.75) is 20.3 Å². The fourth-order valence-corrected chi connectivity index (χ4v) is 1.62. The van der Waals surface area contributed by atoms with Crippen LogP contribution in [0.5, 0.6) is 0 Å². The Labute approximate surface area is 94.1 Å². The number of nitrogens with zero attached hydrogens (tertiary/aromatic N) is 1. The zero-order chi connectivity index (χ0) is 11.5. The molecule has 0 spiro atoms. The molecule has 2 aromatic rings. The van der Waals surface area contributed by atoms with Crippen LogP contribution in [0.3, 0.4) is 0 Å². The molecule has 0 bridgehead atoms. The van der Waals surface area contributed by atoms with Crippen LogP contribution in [-0.4, -0.2) is 11.4 Å². The summed E-state index contributed by atoms with van der Waals surface area (Å²) in [4.78, 5) is 10.9. The maximum Gasteiger partial charge on any atom is 0.177 e. The summed E-state index contributed by atoms with van der Waals surface area (Å²) >= 11 is 0. The second-order valence-electron chi connectivity index (χ2n) is 3.68. The van der Waals surface area contributed by atoms with Gasteiger partial charge in [0.25, 0.3) is 0 Å². The number of benzene rings is 1. The van der Waals surface area contributed by atoms with Crippen LogP contribution in [0.4, 0.5) is 0 Å². The van der Waals surface area contributed by atoms with E-state index in [-0.39, 0.29) is 0 Å². The van der Waals surface area contributed by atoms with Crippen molar-refractivity contribution in [3.63, 3.8) is 0 Å². The van der Waals surface area contributed by atoms with Crippen LogP contribution in [0, 0.1) is 6.92 Å². The van der Waals surface area contributed by atoms with Crippen LogP contribution < -0.4 is 0 Å². The van der Waals surface area contributed by atoms with Gasteiger partial charge in [0.1, 0.15) is 0 Å². The van der Waals surface area contributed by atoms with Gasteiger partial charge in [0, 0.05) is 5.56 Å². The maximum absolute atomic E-state index is 10.9. The first-order valence-corrected chi connectivity index (χ1v) is 5.27. The average Bonchev–Trinajstić information content (AvgIpc) is 2.70. The van der Waals surface area contributed by atoms with E-state index in [1.807, 2.05) is 24.3 Å². The first-order chi connectivity index (χ1) is 7.76. The SMILES string of the molecule is CCc1ccc(-c2onc(C)c2C=O)cc1. The highest BCUT2D eigenvalue weighted by Crippen LogP contribution is 2.25. The Kier molecular flexibility index (Phi) is 2.86. The third-order valence-electron chi connectivity index (χ3n) is 2.65. The van der Waals surface area contributed by atoms with Gasteiger partial charge in [-0.15, -0.1) is 0 Å². The number of carbonyl (C=O) groups is 1. The van der Waals surface area contributed by atoms with Crippen molar-refractivity contribution in [1.29, 1.82) is 0 Å². The molecule has 0 saturated carbocycles. The fraction of sp³-hybridized carbons (Fsp3) is 0.231. The molecule has 0 N–H and O–H groups in total. The van der Waals surface area contributed by atoms with Gasteiger partial charge < -0.3 is 4.52 Å². The molecule has 1 aromatic heterocycles. The molecule has 0 unspecified atom stereocenters. The summed E-state index contributed by atoms with van der Waals surface area (Å²) < 4.78 is 5.16. The van der Waals surface area contributed by atoms with E-state index in [2.05, 4.69) is 12.1 Å². The largest absolute Gasteiger partial charge is 0.355 e. The van der Waals surface area contributed by atoms with Crippen LogP contribution >= 0.6 is 0 Å². The lowest BCUT2D eigenvalue weighted by Crippen LogP contribution is -1.86. The normalized spacial score (nSPS) is 10.4. The summed E-state index contributed by atoms with van der Waals surface area (Å²) in [5.74, 6) is 0.551. The van der Waals surface area contributed by atoms with E-state index < -0.39 is 0 Å². The third-order valence-corrected chi connectivity index (χ3v) is 2.65. The Morgan fingerprint density at radius 2 is 2.00 bits per heavy atom. The minimum Gasteiger partial charge on any atom is -0.355 e. The number of carbonyl (C=O) groups excluding carboxylic acids is 1. The van der Waals surface area contributed by atoms with Gasteiger partial charge in [0.05, 0.1) is 11.3 Å². The van der Waals surface area contributed by atoms with Gasteiger partial charge >= 0.3 is 0 Å². The topological polar surface area (TPSA) is 43.1 Å². The predicted molar refractivity (Wildman–Crippen MR) is 61.4 cm³/mol. The quantitative estimate of drug-likeness (QED) is 0.739. The number of hydrogen-bond donors (Lipinski definition) is 0. The molecule has 82 valence electrons. The van der Waals surface area contributed by atoms with E-state index in [4.69, 9.17) is 4.52 Å². The van der Waals surface area contributed by atoms with E-state index in [0.717, 1.165) is 18.3 Å². The zero-order valence-corrected chi connectivity index (χ0v) is 9.36. The van der Waals surface area contributed by atoms with Crippen molar-refractivity contribution in [3.05, 3.63) is 41.1 Å². The van der Waals surface area contributed by atoms with Gasteiger partial charge in [-0.3, -0.25) is 4.79 Å². The molecule has 3 heteroatoms. The minimum absolute atomic E-state index is 0.532. The van der Waals surface area contributed by atoms with Crippen LogP contribution in [-0.2, 0) is 6.42 Å². The highest BCUT2D eigenvalue weighted by atomic mass is 16.5. The van der Waals surface area contributed by atoms with Crippen LogP contribution in [0.1, 0.15) is 28.5 Å². The molecule has 0 radical (unpaired) electrons. The molecule has 16 heavy (non-hydrogen) atoms. The van der Waals surface area contributed by atoms with Gasteiger partial charge in [0.2, 0.25) is 0 Å². The van der Waals surface area contributed by atoms with E-state index >= 15 is 0 Å². The minimum atomic E-state index is 0.532. The molecule has 0 aliphatic rings.